The second kappa shape index (κ2) is 8.87. The first-order valence-electron chi connectivity index (χ1n) is 8.12. The Morgan fingerprint density at radius 3 is 2.76 bits per heavy atom. The number of para-hydroxylation sites is 1. The predicted molar refractivity (Wildman–Crippen MR) is 104 cm³/mol. The van der Waals surface area contributed by atoms with E-state index in [9.17, 15) is 4.79 Å². The number of thioether (sulfide) groups is 1. The molecule has 0 aliphatic carbocycles. The number of ether oxygens (including phenoxy) is 1. The van der Waals surface area contributed by atoms with Crippen LogP contribution in [0.5, 0.6) is 5.75 Å². The third-order valence-corrected chi connectivity index (χ3v) is 5.96. The van der Waals surface area contributed by atoms with E-state index < -0.39 is 0 Å². The molecule has 0 bridgehead atoms. The second-order valence-electron chi connectivity index (χ2n) is 5.52. The van der Waals surface area contributed by atoms with Crippen molar-refractivity contribution in [3.63, 3.8) is 0 Å². The van der Waals surface area contributed by atoms with E-state index >= 15 is 0 Å². The van der Waals surface area contributed by atoms with Crippen LogP contribution in [0.4, 0.5) is 0 Å². The van der Waals surface area contributed by atoms with Gasteiger partial charge in [0, 0.05) is 18.7 Å². The van der Waals surface area contributed by atoms with Crippen LogP contribution in [-0.2, 0) is 11.3 Å². The Bertz CT molecular complexity index is 798. The lowest BCUT2D eigenvalue weighted by Gasteiger charge is -2.06. The first-order chi connectivity index (χ1) is 12.2. The van der Waals surface area contributed by atoms with E-state index in [1.54, 1.807) is 30.2 Å². The monoisotopic (exact) mass is 372 g/mol. The third-order valence-electron chi connectivity index (χ3n) is 3.70. The summed E-state index contributed by atoms with van der Waals surface area (Å²) < 4.78 is 7.40. The van der Waals surface area contributed by atoms with Gasteiger partial charge in [-0.05, 0) is 36.2 Å². The third kappa shape index (κ3) is 5.21. The van der Waals surface area contributed by atoms with Crippen molar-refractivity contribution >= 4 is 39.2 Å². The van der Waals surface area contributed by atoms with E-state index in [2.05, 4.69) is 16.4 Å². The fraction of sp³-hybridized carbons (Fsp3) is 0.263. The van der Waals surface area contributed by atoms with Gasteiger partial charge in [-0.3, -0.25) is 4.79 Å². The van der Waals surface area contributed by atoms with Crippen molar-refractivity contribution in [3.05, 3.63) is 54.1 Å². The molecular formula is C19H20N2O2S2. The molecule has 1 heterocycles. The molecule has 3 rings (SSSR count). The number of nitrogens with one attached hydrogen (secondary N) is 1. The highest BCUT2D eigenvalue weighted by Crippen LogP contribution is 2.29. The number of rotatable bonds is 8. The number of benzene rings is 2. The number of methoxy groups -OCH3 is 1. The second-order valence-corrected chi connectivity index (χ2v) is 7.90. The van der Waals surface area contributed by atoms with Gasteiger partial charge < -0.3 is 10.1 Å². The summed E-state index contributed by atoms with van der Waals surface area (Å²) >= 11 is 3.43. The van der Waals surface area contributed by atoms with Gasteiger partial charge in [0.1, 0.15) is 5.75 Å². The van der Waals surface area contributed by atoms with Crippen molar-refractivity contribution in [2.45, 2.75) is 23.7 Å². The molecule has 6 heteroatoms. The van der Waals surface area contributed by atoms with E-state index in [0.29, 0.717) is 13.0 Å². The van der Waals surface area contributed by atoms with Gasteiger partial charge in [0.15, 0.2) is 4.34 Å². The van der Waals surface area contributed by atoms with Crippen molar-refractivity contribution in [3.8, 4) is 5.75 Å². The molecule has 0 fully saturated rings. The number of thiazole rings is 1. The predicted octanol–water partition coefficient (Wildman–Crippen LogP) is 4.49. The number of hydrogen-bond acceptors (Lipinski definition) is 5. The number of fused-ring (bicyclic) bond motifs is 1. The van der Waals surface area contributed by atoms with E-state index in [-0.39, 0.29) is 5.91 Å². The van der Waals surface area contributed by atoms with Gasteiger partial charge in [-0.1, -0.05) is 36.0 Å². The van der Waals surface area contributed by atoms with Crippen molar-refractivity contribution < 1.29 is 9.53 Å². The molecule has 1 aromatic heterocycles. The van der Waals surface area contributed by atoms with Gasteiger partial charge in [0.2, 0.25) is 5.91 Å². The SMILES string of the molecule is COc1ccc(CNC(=O)CCCSc2nc3ccccc3s2)cc1. The highest BCUT2D eigenvalue weighted by atomic mass is 32.2. The maximum absolute atomic E-state index is 11.9. The van der Waals surface area contributed by atoms with Crippen LogP contribution in [0, 0.1) is 0 Å². The minimum absolute atomic E-state index is 0.0840. The molecule has 3 aromatic rings. The fourth-order valence-electron chi connectivity index (χ4n) is 2.34. The quantitative estimate of drug-likeness (QED) is 0.467. The molecule has 1 amide bonds. The zero-order chi connectivity index (χ0) is 17.5. The fourth-order valence-corrected chi connectivity index (χ4v) is 4.42. The van der Waals surface area contributed by atoms with Crippen molar-refractivity contribution in [2.24, 2.45) is 0 Å². The number of aromatic nitrogens is 1. The maximum Gasteiger partial charge on any atom is 0.220 e. The Morgan fingerprint density at radius 2 is 2.00 bits per heavy atom. The summed E-state index contributed by atoms with van der Waals surface area (Å²) in [6, 6.07) is 15.9. The molecule has 0 radical (unpaired) electrons. The Hall–Kier alpha value is -2.05. The van der Waals surface area contributed by atoms with Crippen molar-refractivity contribution in [1.29, 1.82) is 0 Å². The van der Waals surface area contributed by atoms with E-state index in [4.69, 9.17) is 4.74 Å². The molecule has 0 unspecified atom stereocenters. The number of amides is 1. The highest BCUT2D eigenvalue weighted by molar-refractivity contribution is 8.01. The average molecular weight is 373 g/mol. The molecule has 4 nitrogen and oxygen atoms in total. The molecule has 2 aromatic carbocycles. The summed E-state index contributed by atoms with van der Waals surface area (Å²) in [6.07, 6.45) is 1.38. The van der Waals surface area contributed by atoms with Crippen LogP contribution >= 0.6 is 23.1 Å². The Labute approximate surface area is 155 Å². The van der Waals surface area contributed by atoms with E-state index in [1.807, 2.05) is 42.5 Å². The number of carbonyl (C=O) groups excluding carboxylic acids is 1. The first kappa shape index (κ1) is 17.8. The summed E-state index contributed by atoms with van der Waals surface area (Å²) in [5.74, 6) is 1.80. The molecule has 25 heavy (non-hydrogen) atoms. The first-order valence-corrected chi connectivity index (χ1v) is 9.93. The van der Waals surface area contributed by atoms with Gasteiger partial charge in [-0.2, -0.15) is 0 Å². The zero-order valence-corrected chi connectivity index (χ0v) is 15.7. The molecule has 0 saturated carbocycles. The summed E-state index contributed by atoms with van der Waals surface area (Å²) in [5.41, 5.74) is 2.12. The molecule has 0 aliphatic heterocycles. The van der Waals surface area contributed by atoms with Crippen molar-refractivity contribution in [1.82, 2.24) is 10.3 Å². The molecule has 0 atom stereocenters. The Kier molecular flexibility index (Phi) is 6.30. The number of nitrogens with zero attached hydrogens (tertiary/aromatic N) is 1. The summed E-state index contributed by atoms with van der Waals surface area (Å²) in [6.45, 7) is 0.549. The normalized spacial score (nSPS) is 10.8. The smallest absolute Gasteiger partial charge is 0.220 e. The van der Waals surface area contributed by atoms with Crippen LogP contribution in [0.15, 0.2) is 52.9 Å². The van der Waals surface area contributed by atoms with Gasteiger partial charge in [0.05, 0.1) is 17.3 Å². The molecule has 0 aliphatic rings. The van der Waals surface area contributed by atoms with Crippen LogP contribution in [0.25, 0.3) is 10.2 Å². The lowest BCUT2D eigenvalue weighted by molar-refractivity contribution is -0.121. The minimum Gasteiger partial charge on any atom is -0.497 e. The van der Waals surface area contributed by atoms with Gasteiger partial charge in [0.25, 0.3) is 0 Å². The largest absolute Gasteiger partial charge is 0.497 e. The van der Waals surface area contributed by atoms with Crippen molar-refractivity contribution in [2.75, 3.05) is 12.9 Å². The maximum atomic E-state index is 11.9. The number of carbonyl (C=O) groups is 1. The average Bonchev–Trinajstić information content (AvgIpc) is 3.07. The standard InChI is InChI=1S/C19H20N2O2S2/c1-23-15-10-8-14(9-11-15)13-20-18(22)7-4-12-24-19-21-16-5-2-3-6-17(16)25-19/h2-3,5-6,8-11H,4,7,12-13H2,1H3,(H,20,22). The molecule has 130 valence electrons. The van der Waals surface area contributed by atoms with Gasteiger partial charge in [-0.15, -0.1) is 11.3 Å². The van der Waals surface area contributed by atoms with Gasteiger partial charge in [-0.25, -0.2) is 4.98 Å². The molecule has 1 N–H and O–H groups in total. The van der Waals surface area contributed by atoms with Crippen LogP contribution in [0.2, 0.25) is 0 Å². The minimum atomic E-state index is 0.0840. The van der Waals surface area contributed by atoms with Crippen LogP contribution in [0.1, 0.15) is 18.4 Å². The van der Waals surface area contributed by atoms with E-state index in [1.165, 1.54) is 4.70 Å². The van der Waals surface area contributed by atoms with Crippen LogP contribution < -0.4 is 10.1 Å². The topological polar surface area (TPSA) is 51.2 Å². The van der Waals surface area contributed by atoms with Crippen LogP contribution in [0.3, 0.4) is 0 Å². The van der Waals surface area contributed by atoms with Gasteiger partial charge >= 0.3 is 0 Å². The number of hydrogen-bond donors (Lipinski definition) is 1. The summed E-state index contributed by atoms with van der Waals surface area (Å²) in [7, 11) is 1.64. The Balaban J connectivity index is 1.36. The molecule has 0 spiro atoms. The lowest BCUT2D eigenvalue weighted by Crippen LogP contribution is -2.22. The lowest BCUT2D eigenvalue weighted by atomic mass is 10.2. The molecular weight excluding hydrogens is 352 g/mol. The van der Waals surface area contributed by atoms with E-state index in [0.717, 1.165) is 33.3 Å². The summed E-state index contributed by atoms with van der Waals surface area (Å²) in [4.78, 5) is 16.5. The zero-order valence-electron chi connectivity index (χ0n) is 14.0. The Morgan fingerprint density at radius 1 is 1.20 bits per heavy atom. The highest BCUT2D eigenvalue weighted by Gasteiger charge is 2.05. The van der Waals surface area contributed by atoms with Crippen LogP contribution in [-0.4, -0.2) is 23.8 Å². The summed E-state index contributed by atoms with van der Waals surface area (Å²) in [5, 5.41) is 2.95. The molecule has 0 saturated heterocycles.